The lowest BCUT2D eigenvalue weighted by Gasteiger charge is -2.20. The highest BCUT2D eigenvalue weighted by Crippen LogP contribution is 2.27. The fourth-order valence-electron chi connectivity index (χ4n) is 3.59. The lowest BCUT2D eigenvalue weighted by molar-refractivity contribution is 0.0762. The van der Waals surface area contributed by atoms with Gasteiger partial charge in [0, 0.05) is 43.3 Å². The molecule has 2 heterocycles. The highest BCUT2D eigenvalue weighted by molar-refractivity contribution is 5.94. The van der Waals surface area contributed by atoms with Gasteiger partial charge in [0.15, 0.2) is 5.82 Å². The van der Waals surface area contributed by atoms with Crippen molar-refractivity contribution in [3.05, 3.63) is 77.5 Å². The van der Waals surface area contributed by atoms with E-state index in [2.05, 4.69) is 0 Å². The standard InChI is InChI=1S/C24H25N3O3/c1-29-16-17-30-23-20-12-14-27(24(28)19-10-6-3-7-11-19)15-13-21(20)25-22(26-23)18-8-4-2-5-9-18/h2-11H,12-17H2,1H3. The van der Waals surface area contributed by atoms with Crippen molar-refractivity contribution < 1.29 is 14.3 Å². The van der Waals surface area contributed by atoms with Crippen LogP contribution in [0.4, 0.5) is 0 Å². The molecule has 1 aliphatic rings. The van der Waals surface area contributed by atoms with Gasteiger partial charge in [0.05, 0.1) is 12.3 Å². The van der Waals surface area contributed by atoms with E-state index in [0.29, 0.717) is 56.4 Å². The average molecular weight is 403 g/mol. The molecule has 2 aromatic carbocycles. The van der Waals surface area contributed by atoms with Crippen LogP contribution in [0.15, 0.2) is 60.7 Å². The van der Waals surface area contributed by atoms with Crippen LogP contribution in [0, 0.1) is 0 Å². The van der Waals surface area contributed by atoms with E-state index < -0.39 is 0 Å². The molecule has 1 aliphatic heterocycles. The highest BCUT2D eigenvalue weighted by atomic mass is 16.5. The molecule has 0 aliphatic carbocycles. The number of benzene rings is 2. The maximum absolute atomic E-state index is 12.9. The third-order valence-electron chi connectivity index (χ3n) is 5.17. The molecule has 30 heavy (non-hydrogen) atoms. The van der Waals surface area contributed by atoms with Gasteiger partial charge < -0.3 is 14.4 Å². The van der Waals surface area contributed by atoms with Crippen LogP contribution in [0.1, 0.15) is 21.6 Å². The van der Waals surface area contributed by atoms with Crippen molar-refractivity contribution in [1.29, 1.82) is 0 Å². The zero-order chi connectivity index (χ0) is 20.8. The second-order valence-electron chi connectivity index (χ2n) is 7.14. The first-order chi connectivity index (χ1) is 14.8. The molecule has 6 nitrogen and oxygen atoms in total. The van der Waals surface area contributed by atoms with Crippen molar-refractivity contribution in [3.63, 3.8) is 0 Å². The number of hydrogen-bond acceptors (Lipinski definition) is 5. The van der Waals surface area contributed by atoms with Gasteiger partial charge >= 0.3 is 0 Å². The van der Waals surface area contributed by atoms with E-state index in [1.54, 1.807) is 7.11 Å². The van der Waals surface area contributed by atoms with Crippen LogP contribution in [-0.2, 0) is 17.6 Å². The summed E-state index contributed by atoms with van der Waals surface area (Å²) in [5.41, 5.74) is 3.57. The number of ether oxygens (including phenoxy) is 2. The van der Waals surface area contributed by atoms with Crippen molar-refractivity contribution in [2.75, 3.05) is 33.4 Å². The number of amides is 1. The largest absolute Gasteiger partial charge is 0.475 e. The second-order valence-corrected chi connectivity index (χ2v) is 7.14. The number of methoxy groups -OCH3 is 1. The van der Waals surface area contributed by atoms with Crippen LogP contribution in [0.2, 0.25) is 0 Å². The predicted octanol–water partition coefficient (Wildman–Crippen LogP) is 3.41. The fourth-order valence-corrected chi connectivity index (χ4v) is 3.59. The summed E-state index contributed by atoms with van der Waals surface area (Å²) in [6, 6.07) is 19.3. The van der Waals surface area contributed by atoms with Gasteiger partial charge in [0.2, 0.25) is 5.88 Å². The van der Waals surface area contributed by atoms with Crippen LogP contribution in [0.5, 0.6) is 5.88 Å². The lowest BCUT2D eigenvalue weighted by atomic mass is 10.1. The van der Waals surface area contributed by atoms with Gasteiger partial charge in [0.1, 0.15) is 6.61 Å². The minimum absolute atomic E-state index is 0.0431. The Morgan fingerprint density at radius 2 is 1.63 bits per heavy atom. The predicted molar refractivity (Wildman–Crippen MR) is 115 cm³/mol. The second kappa shape index (κ2) is 9.50. The van der Waals surface area contributed by atoms with E-state index >= 15 is 0 Å². The zero-order valence-corrected chi connectivity index (χ0v) is 17.1. The maximum atomic E-state index is 12.9. The molecule has 0 bridgehead atoms. The topological polar surface area (TPSA) is 64.6 Å². The average Bonchev–Trinajstić information content (AvgIpc) is 3.03. The van der Waals surface area contributed by atoms with E-state index in [4.69, 9.17) is 19.4 Å². The Labute approximate surface area is 176 Å². The fraction of sp³-hybridized carbons (Fsp3) is 0.292. The van der Waals surface area contributed by atoms with E-state index in [-0.39, 0.29) is 5.91 Å². The van der Waals surface area contributed by atoms with Crippen LogP contribution < -0.4 is 4.74 Å². The minimum Gasteiger partial charge on any atom is -0.475 e. The molecular formula is C24H25N3O3. The summed E-state index contributed by atoms with van der Waals surface area (Å²) in [5.74, 6) is 1.27. The summed E-state index contributed by atoms with van der Waals surface area (Å²) < 4.78 is 11.1. The van der Waals surface area contributed by atoms with Crippen molar-refractivity contribution >= 4 is 5.91 Å². The van der Waals surface area contributed by atoms with Gasteiger partial charge in [-0.05, 0) is 18.6 Å². The van der Waals surface area contributed by atoms with Crippen LogP contribution >= 0.6 is 0 Å². The van der Waals surface area contributed by atoms with Crippen LogP contribution in [-0.4, -0.2) is 54.2 Å². The minimum atomic E-state index is 0.0431. The van der Waals surface area contributed by atoms with Crippen LogP contribution in [0.25, 0.3) is 11.4 Å². The number of rotatable bonds is 6. The van der Waals surface area contributed by atoms with Gasteiger partial charge in [-0.2, -0.15) is 4.98 Å². The molecule has 154 valence electrons. The van der Waals surface area contributed by atoms with Crippen molar-refractivity contribution in [2.24, 2.45) is 0 Å². The monoisotopic (exact) mass is 403 g/mol. The third kappa shape index (κ3) is 4.49. The highest BCUT2D eigenvalue weighted by Gasteiger charge is 2.24. The summed E-state index contributed by atoms with van der Waals surface area (Å²) >= 11 is 0. The molecule has 0 atom stereocenters. The normalized spacial score (nSPS) is 13.4. The molecular weight excluding hydrogens is 378 g/mol. The number of carbonyl (C=O) groups is 1. The number of aromatic nitrogens is 2. The first-order valence-electron chi connectivity index (χ1n) is 10.2. The summed E-state index contributed by atoms with van der Waals surface area (Å²) in [4.78, 5) is 24.4. The maximum Gasteiger partial charge on any atom is 0.253 e. The number of hydrogen-bond donors (Lipinski definition) is 0. The molecule has 0 saturated carbocycles. The molecule has 3 aromatic rings. The van der Waals surface area contributed by atoms with Gasteiger partial charge in [0.25, 0.3) is 5.91 Å². The smallest absolute Gasteiger partial charge is 0.253 e. The van der Waals surface area contributed by atoms with Crippen molar-refractivity contribution in [3.8, 4) is 17.3 Å². The molecule has 0 radical (unpaired) electrons. The number of nitrogens with zero attached hydrogens (tertiary/aromatic N) is 3. The third-order valence-corrected chi connectivity index (χ3v) is 5.17. The molecule has 0 fully saturated rings. The summed E-state index contributed by atoms with van der Waals surface area (Å²) in [7, 11) is 1.65. The molecule has 0 unspecified atom stereocenters. The summed E-state index contributed by atoms with van der Waals surface area (Å²) in [6.07, 6.45) is 1.32. The first-order valence-corrected chi connectivity index (χ1v) is 10.2. The molecule has 0 spiro atoms. The molecule has 0 saturated heterocycles. The Morgan fingerprint density at radius 1 is 0.933 bits per heavy atom. The molecule has 1 aromatic heterocycles. The quantitative estimate of drug-likeness (QED) is 0.590. The Balaban J connectivity index is 1.62. The summed E-state index contributed by atoms with van der Waals surface area (Å²) in [6.45, 7) is 2.12. The molecule has 1 amide bonds. The number of carbonyl (C=O) groups excluding carboxylic acids is 1. The van der Waals surface area contributed by atoms with E-state index in [0.717, 1.165) is 16.8 Å². The Bertz CT molecular complexity index is 993. The Kier molecular flexibility index (Phi) is 6.35. The van der Waals surface area contributed by atoms with Gasteiger partial charge in [-0.3, -0.25) is 4.79 Å². The molecule has 0 N–H and O–H groups in total. The Morgan fingerprint density at radius 3 is 2.37 bits per heavy atom. The lowest BCUT2D eigenvalue weighted by Crippen LogP contribution is -2.33. The van der Waals surface area contributed by atoms with E-state index in [9.17, 15) is 4.79 Å². The van der Waals surface area contributed by atoms with Gasteiger partial charge in [-0.15, -0.1) is 0 Å². The molecule has 6 heteroatoms. The van der Waals surface area contributed by atoms with Gasteiger partial charge in [-0.25, -0.2) is 4.98 Å². The van der Waals surface area contributed by atoms with Crippen molar-refractivity contribution in [2.45, 2.75) is 12.8 Å². The zero-order valence-electron chi connectivity index (χ0n) is 17.1. The first kappa shape index (κ1) is 20.0. The Hall–Kier alpha value is -3.25. The number of fused-ring (bicyclic) bond motifs is 1. The molecule has 4 rings (SSSR count). The van der Waals surface area contributed by atoms with Gasteiger partial charge in [-0.1, -0.05) is 48.5 Å². The van der Waals surface area contributed by atoms with E-state index in [1.165, 1.54) is 0 Å². The SMILES string of the molecule is COCCOc1nc(-c2ccccc2)nc2c1CCN(C(=O)c1ccccc1)CC2. The summed E-state index contributed by atoms with van der Waals surface area (Å²) in [5, 5.41) is 0. The van der Waals surface area contributed by atoms with E-state index in [1.807, 2.05) is 65.6 Å². The van der Waals surface area contributed by atoms with Crippen LogP contribution in [0.3, 0.4) is 0 Å². The van der Waals surface area contributed by atoms with Crippen molar-refractivity contribution in [1.82, 2.24) is 14.9 Å².